The van der Waals surface area contributed by atoms with E-state index in [0.717, 1.165) is 5.69 Å². The minimum atomic E-state index is -2.53. The third-order valence-corrected chi connectivity index (χ3v) is 12.7. The molecular weight excluding hydrogens is 442 g/mol. The zero-order valence-electron chi connectivity index (χ0n) is 18.8. The molecule has 0 radical (unpaired) electrons. The van der Waals surface area contributed by atoms with Crippen LogP contribution in [0.5, 0.6) is 0 Å². The lowest BCUT2D eigenvalue weighted by Crippen LogP contribution is -2.70. The number of aromatic nitrogens is 3. The van der Waals surface area contributed by atoms with Gasteiger partial charge in [-0.15, -0.1) is 0 Å². The van der Waals surface area contributed by atoms with Crippen molar-refractivity contribution in [1.29, 1.82) is 0 Å². The molecule has 2 aliphatic heterocycles. The number of hydrogen-bond acceptors (Lipinski definition) is 3. The molecule has 3 nitrogen and oxygen atoms in total. The van der Waals surface area contributed by atoms with Crippen LogP contribution in [-0.2, 0) is 0 Å². The number of nitrogens with zero attached hydrogens (tertiary/aromatic N) is 3. The van der Waals surface area contributed by atoms with Gasteiger partial charge in [0.2, 0.25) is 0 Å². The summed E-state index contributed by atoms with van der Waals surface area (Å²) in [5.74, 6) is 0. The fraction of sp³-hybridized carbons (Fsp3) is 0. The Bertz CT molecular complexity index is 1760. The molecule has 8 rings (SSSR count). The van der Waals surface area contributed by atoms with E-state index in [-0.39, 0.29) is 0 Å². The van der Waals surface area contributed by atoms with Gasteiger partial charge in [-0.1, -0.05) is 66.7 Å². The molecule has 0 amide bonds. The van der Waals surface area contributed by atoms with Crippen molar-refractivity contribution in [2.75, 3.05) is 0 Å². The zero-order valence-corrected chi connectivity index (χ0v) is 19.8. The van der Waals surface area contributed by atoms with Gasteiger partial charge in [-0.05, 0) is 60.8 Å². The van der Waals surface area contributed by atoms with Gasteiger partial charge in [-0.3, -0.25) is 15.0 Å². The van der Waals surface area contributed by atoms with Gasteiger partial charge < -0.3 is 0 Å². The highest BCUT2D eigenvalue weighted by atomic mass is 28.3. The van der Waals surface area contributed by atoms with Crippen LogP contribution >= 0.6 is 0 Å². The van der Waals surface area contributed by atoms with Crippen LogP contribution in [0.15, 0.2) is 116 Å². The molecule has 5 heterocycles. The SMILES string of the molecule is c1cnc2c(c1)[Si]1(c3ccncc3-c3cnccc31)c1cc(-c3cccc4ccccc34)ccc1-2. The molecule has 2 aliphatic rings. The van der Waals surface area contributed by atoms with Crippen LogP contribution < -0.4 is 20.7 Å². The van der Waals surface area contributed by atoms with Gasteiger partial charge in [0.1, 0.15) is 0 Å². The second kappa shape index (κ2) is 6.81. The second-order valence-corrected chi connectivity index (χ2v) is 12.9. The van der Waals surface area contributed by atoms with Gasteiger partial charge in [0.05, 0.1) is 5.69 Å². The molecular formula is C31H19N3Si. The summed E-state index contributed by atoms with van der Waals surface area (Å²) >= 11 is 0. The summed E-state index contributed by atoms with van der Waals surface area (Å²) in [6.07, 6.45) is 9.83. The van der Waals surface area contributed by atoms with Crippen molar-refractivity contribution in [3.8, 4) is 33.5 Å². The first-order chi connectivity index (χ1) is 17.4. The van der Waals surface area contributed by atoms with Crippen LogP contribution in [0.2, 0.25) is 0 Å². The Hall–Kier alpha value is -4.41. The summed E-state index contributed by atoms with van der Waals surface area (Å²) < 4.78 is 0. The van der Waals surface area contributed by atoms with E-state index in [9.17, 15) is 0 Å². The molecule has 35 heavy (non-hydrogen) atoms. The van der Waals surface area contributed by atoms with Crippen LogP contribution in [0.4, 0.5) is 0 Å². The first-order valence-electron chi connectivity index (χ1n) is 11.9. The number of benzene rings is 3. The highest BCUT2D eigenvalue weighted by Gasteiger charge is 2.54. The van der Waals surface area contributed by atoms with Crippen LogP contribution in [0.25, 0.3) is 44.3 Å². The zero-order chi connectivity index (χ0) is 23.0. The standard InChI is InChI=1S/C31H19N3Si/c1-2-7-22-20(5-1)6-3-8-23(22)21-10-11-24-30(17-21)35(29-9-4-14-34-31(24)29)27-12-15-32-18-25(27)26-19-33-16-13-28(26)35/h1-19H. The van der Waals surface area contributed by atoms with E-state index >= 15 is 0 Å². The maximum Gasteiger partial charge on any atom is 0.184 e. The Labute approximate surface area is 203 Å². The Morgan fingerprint density at radius 1 is 0.514 bits per heavy atom. The summed E-state index contributed by atoms with van der Waals surface area (Å²) in [5, 5.41) is 8.09. The first kappa shape index (κ1) is 19.0. The molecule has 0 N–H and O–H groups in total. The van der Waals surface area contributed by atoms with Crippen LogP contribution in [0.3, 0.4) is 0 Å². The smallest absolute Gasteiger partial charge is 0.184 e. The van der Waals surface area contributed by atoms with Crippen molar-refractivity contribution in [2.45, 2.75) is 0 Å². The van der Waals surface area contributed by atoms with E-state index in [0.29, 0.717) is 0 Å². The highest BCUT2D eigenvalue weighted by Crippen LogP contribution is 2.36. The maximum absolute atomic E-state index is 4.92. The van der Waals surface area contributed by atoms with E-state index in [2.05, 4.69) is 94.9 Å². The lowest BCUT2D eigenvalue weighted by molar-refractivity contribution is 1.32. The largest absolute Gasteiger partial charge is 0.264 e. The van der Waals surface area contributed by atoms with E-state index in [1.54, 1.807) is 0 Å². The molecule has 0 unspecified atom stereocenters. The van der Waals surface area contributed by atoms with Crippen molar-refractivity contribution in [1.82, 2.24) is 15.0 Å². The number of pyridine rings is 3. The lowest BCUT2D eigenvalue weighted by atomic mass is 9.97. The Morgan fingerprint density at radius 3 is 2.11 bits per heavy atom. The molecule has 1 spiro atoms. The molecule has 0 aliphatic carbocycles. The Balaban J connectivity index is 1.51. The summed E-state index contributed by atoms with van der Waals surface area (Å²) in [5.41, 5.74) is 7.30. The highest BCUT2D eigenvalue weighted by molar-refractivity contribution is 7.24. The monoisotopic (exact) mass is 461 g/mol. The van der Waals surface area contributed by atoms with E-state index in [1.165, 1.54) is 59.3 Å². The number of rotatable bonds is 1. The predicted molar refractivity (Wildman–Crippen MR) is 144 cm³/mol. The molecule has 0 saturated heterocycles. The number of hydrogen-bond donors (Lipinski definition) is 0. The molecule has 6 aromatic rings. The van der Waals surface area contributed by atoms with Crippen molar-refractivity contribution >= 4 is 39.6 Å². The molecule has 4 heteroatoms. The van der Waals surface area contributed by atoms with E-state index in [4.69, 9.17) is 4.98 Å². The fourth-order valence-electron chi connectivity index (χ4n) is 6.37. The van der Waals surface area contributed by atoms with E-state index < -0.39 is 8.07 Å². The van der Waals surface area contributed by atoms with Crippen molar-refractivity contribution in [3.63, 3.8) is 0 Å². The molecule has 0 atom stereocenters. The van der Waals surface area contributed by atoms with Crippen LogP contribution in [-0.4, -0.2) is 23.0 Å². The third kappa shape index (κ3) is 2.32. The van der Waals surface area contributed by atoms with Gasteiger partial charge >= 0.3 is 0 Å². The van der Waals surface area contributed by atoms with Crippen LogP contribution in [0.1, 0.15) is 0 Å². The minimum Gasteiger partial charge on any atom is -0.264 e. The van der Waals surface area contributed by atoms with Gasteiger partial charge in [-0.25, -0.2) is 0 Å². The van der Waals surface area contributed by atoms with Crippen molar-refractivity contribution < 1.29 is 0 Å². The number of fused-ring (bicyclic) bond motifs is 11. The molecule has 162 valence electrons. The molecule has 3 aromatic carbocycles. The summed E-state index contributed by atoms with van der Waals surface area (Å²) in [7, 11) is -2.53. The van der Waals surface area contributed by atoms with Gasteiger partial charge in [0, 0.05) is 47.7 Å². The van der Waals surface area contributed by atoms with Crippen LogP contribution in [0, 0.1) is 0 Å². The summed E-state index contributed by atoms with van der Waals surface area (Å²) in [6, 6.07) is 31.1. The Kier molecular flexibility index (Phi) is 3.69. The summed E-state index contributed by atoms with van der Waals surface area (Å²) in [4.78, 5) is 13.9. The molecule has 3 aromatic heterocycles. The van der Waals surface area contributed by atoms with Crippen molar-refractivity contribution in [3.05, 3.63) is 116 Å². The van der Waals surface area contributed by atoms with Gasteiger partial charge in [0.15, 0.2) is 8.07 Å². The quantitative estimate of drug-likeness (QED) is 0.347. The minimum absolute atomic E-state index is 1.12. The van der Waals surface area contributed by atoms with Gasteiger partial charge in [-0.2, -0.15) is 0 Å². The molecule has 0 fully saturated rings. The topological polar surface area (TPSA) is 38.7 Å². The molecule has 0 saturated carbocycles. The second-order valence-electron chi connectivity index (χ2n) is 9.28. The third-order valence-electron chi connectivity index (χ3n) is 7.73. The van der Waals surface area contributed by atoms with E-state index in [1.807, 2.05) is 31.0 Å². The lowest BCUT2D eigenvalue weighted by Gasteiger charge is -2.27. The normalized spacial score (nSPS) is 13.9. The fourth-order valence-corrected chi connectivity index (χ4v) is 11.8. The van der Waals surface area contributed by atoms with Gasteiger partial charge in [0.25, 0.3) is 0 Å². The summed E-state index contributed by atoms with van der Waals surface area (Å²) in [6.45, 7) is 0. The van der Waals surface area contributed by atoms with Crippen molar-refractivity contribution in [2.24, 2.45) is 0 Å². The predicted octanol–water partition coefficient (Wildman–Crippen LogP) is 4.03. The molecule has 0 bridgehead atoms. The maximum atomic E-state index is 4.92. The first-order valence-corrected chi connectivity index (χ1v) is 13.9. The Morgan fingerprint density at radius 2 is 1.29 bits per heavy atom. The average molecular weight is 462 g/mol. The average Bonchev–Trinajstić information content (AvgIpc) is 3.40.